The molecule has 0 radical (unpaired) electrons. The van der Waals surface area contributed by atoms with Crippen LogP contribution in [0.5, 0.6) is 11.6 Å². The molecule has 2 nitrogen and oxygen atoms in total. The number of ether oxygens (including phenoxy) is 1. The molecule has 0 aliphatic heterocycles. The van der Waals surface area contributed by atoms with Crippen LogP contribution < -0.4 is 4.74 Å². The molecule has 0 aliphatic carbocycles. The highest BCUT2D eigenvalue weighted by atomic mass is 79.9. The summed E-state index contributed by atoms with van der Waals surface area (Å²) in [5, 5.41) is 1.11. The zero-order valence-corrected chi connectivity index (χ0v) is 11.1. The van der Waals surface area contributed by atoms with Crippen molar-refractivity contribution >= 4 is 26.8 Å². The van der Waals surface area contributed by atoms with Gasteiger partial charge in [0.25, 0.3) is 0 Å². The SMILES string of the molecule is Brc1ccc(Oc2ccc3ccccc3n2)cc1. The van der Waals surface area contributed by atoms with Crippen molar-refractivity contribution in [1.82, 2.24) is 4.98 Å². The molecule has 0 atom stereocenters. The topological polar surface area (TPSA) is 22.1 Å². The first-order valence-corrected chi connectivity index (χ1v) is 6.40. The van der Waals surface area contributed by atoms with Crippen LogP contribution >= 0.6 is 15.9 Å². The van der Waals surface area contributed by atoms with Crippen LogP contribution in [0.25, 0.3) is 10.9 Å². The van der Waals surface area contributed by atoms with E-state index in [4.69, 9.17) is 4.74 Å². The molecule has 3 aromatic rings. The number of pyridine rings is 1. The molecule has 1 aromatic heterocycles. The van der Waals surface area contributed by atoms with E-state index < -0.39 is 0 Å². The molecule has 0 aliphatic rings. The summed E-state index contributed by atoms with van der Waals surface area (Å²) < 4.78 is 6.74. The summed E-state index contributed by atoms with van der Waals surface area (Å²) in [6, 6.07) is 19.6. The summed E-state index contributed by atoms with van der Waals surface area (Å²) in [5.74, 6) is 1.39. The van der Waals surface area contributed by atoms with Crippen molar-refractivity contribution in [3.63, 3.8) is 0 Å². The molecular formula is C15H10BrNO. The third kappa shape index (κ3) is 2.36. The first kappa shape index (κ1) is 11.2. The van der Waals surface area contributed by atoms with Crippen LogP contribution in [0.1, 0.15) is 0 Å². The fourth-order valence-corrected chi connectivity index (χ4v) is 1.99. The van der Waals surface area contributed by atoms with Gasteiger partial charge in [-0.1, -0.05) is 34.1 Å². The van der Waals surface area contributed by atoms with Gasteiger partial charge in [0.2, 0.25) is 5.88 Å². The third-order valence-corrected chi connectivity index (χ3v) is 3.14. The van der Waals surface area contributed by atoms with Crippen molar-refractivity contribution in [2.45, 2.75) is 0 Å². The highest BCUT2D eigenvalue weighted by Gasteiger charge is 2.00. The Hall–Kier alpha value is -1.87. The van der Waals surface area contributed by atoms with E-state index in [9.17, 15) is 0 Å². The molecule has 0 fully saturated rings. The fourth-order valence-electron chi connectivity index (χ4n) is 1.73. The van der Waals surface area contributed by atoms with Gasteiger partial charge in [0.05, 0.1) is 5.52 Å². The molecule has 0 unspecified atom stereocenters. The van der Waals surface area contributed by atoms with E-state index in [1.54, 1.807) is 0 Å². The first-order chi connectivity index (χ1) is 8.81. The molecule has 1 heterocycles. The predicted molar refractivity (Wildman–Crippen MR) is 76.0 cm³/mol. The molecule has 18 heavy (non-hydrogen) atoms. The number of rotatable bonds is 2. The van der Waals surface area contributed by atoms with E-state index in [0.717, 1.165) is 21.1 Å². The number of aromatic nitrogens is 1. The van der Waals surface area contributed by atoms with Crippen LogP contribution in [0.4, 0.5) is 0 Å². The average Bonchev–Trinajstić information content (AvgIpc) is 2.41. The van der Waals surface area contributed by atoms with Crippen molar-refractivity contribution in [3.05, 3.63) is 65.1 Å². The van der Waals surface area contributed by atoms with Crippen LogP contribution in [0, 0.1) is 0 Å². The summed E-state index contributed by atoms with van der Waals surface area (Å²) in [4.78, 5) is 4.46. The molecule has 0 spiro atoms. The standard InChI is InChI=1S/C15H10BrNO/c16-12-6-8-13(9-7-12)18-15-10-5-11-3-1-2-4-14(11)17-15/h1-10H. The largest absolute Gasteiger partial charge is 0.439 e. The van der Waals surface area contributed by atoms with Crippen LogP contribution in [-0.2, 0) is 0 Å². The quantitative estimate of drug-likeness (QED) is 0.679. The number of benzene rings is 2. The molecule has 2 aromatic carbocycles. The maximum Gasteiger partial charge on any atom is 0.219 e. The molecule has 0 saturated heterocycles. The molecule has 0 bridgehead atoms. The minimum Gasteiger partial charge on any atom is -0.439 e. The Kier molecular flexibility index (Phi) is 2.99. The van der Waals surface area contributed by atoms with E-state index in [0.29, 0.717) is 5.88 Å². The zero-order chi connectivity index (χ0) is 12.4. The minimum absolute atomic E-state index is 0.607. The maximum atomic E-state index is 5.71. The van der Waals surface area contributed by atoms with Gasteiger partial charge < -0.3 is 4.74 Å². The maximum absolute atomic E-state index is 5.71. The minimum atomic E-state index is 0.607. The van der Waals surface area contributed by atoms with Gasteiger partial charge in [0.15, 0.2) is 0 Å². The van der Waals surface area contributed by atoms with Crippen molar-refractivity contribution in [2.24, 2.45) is 0 Å². The van der Waals surface area contributed by atoms with Gasteiger partial charge in [-0.25, -0.2) is 4.98 Å². The Morgan fingerprint density at radius 1 is 0.833 bits per heavy atom. The van der Waals surface area contributed by atoms with Crippen LogP contribution in [0.15, 0.2) is 65.1 Å². The first-order valence-electron chi connectivity index (χ1n) is 5.60. The van der Waals surface area contributed by atoms with Crippen molar-refractivity contribution in [1.29, 1.82) is 0 Å². The summed E-state index contributed by atoms with van der Waals surface area (Å²) in [7, 11) is 0. The van der Waals surface area contributed by atoms with E-state index >= 15 is 0 Å². The number of fused-ring (bicyclic) bond motifs is 1. The summed E-state index contributed by atoms with van der Waals surface area (Å²) in [6.45, 7) is 0. The second-order valence-electron chi connectivity index (χ2n) is 3.90. The van der Waals surface area contributed by atoms with E-state index in [-0.39, 0.29) is 0 Å². The van der Waals surface area contributed by atoms with Gasteiger partial charge >= 0.3 is 0 Å². The van der Waals surface area contributed by atoms with E-state index in [1.807, 2.05) is 60.7 Å². The zero-order valence-electron chi connectivity index (χ0n) is 9.51. The lowest BCUT2D eigenvalue weighted by molar-refractivity contribution is 0.465. The Bertz CT molecular complexity index is 679. The van der Waals surface area contributed by atoms with Gasteiger partial charge in [-0.15, -0.1) is 0 Å². The normalized spacial score (nSPS) is 10.5. The molecule has 0 amide bonds. The Morgan fingerprint density at radius 3 is 2.44 bits per heavy atom. The lowest BCUT2D eigenvalue weighted by Gasteiger charge is -2.05. The smallest absolute Gasteiger partial charge is 0.219 e. The summed E-state index contributed by atoms with van der Waals surface area (Å²) in [6.07, 6.45) is 0. The summed E-state index contributed by atoms with van der Waals surface area (Å²) >= 11 is 3.39. The van der Waals surface area contributed by atoms with Gasteiger partial charge in [-0.2, -0.15) is 0 Å². The van der Waals surface area contributed by atoms with Crippen molar-refractivity contribution in [2.75, 3.05) is 0 Å². The van der Waals surface area contributed by atoms with Gasteiger partial charge in [0, 0.05) is 15.9 Å². The summed E-state index contributed by atoms with van der Waals surface area (Å²) in [5.41, 5.74) is 0.937. The lowest BCUT2D eigenvalue weighted by atomic mass is 10.2. The van der Waals surface area contributed by atoms with E-state index in [1.165, 1.54) is 0 Å². The van der Waals surface area contributed by atoms with Gasteiger partial charge in [0.1, 0.15) is 5.75 Å². The predicted octanol–water partition coefficient (Wildman–Crippen LogP) is 4.79. The molecule has 0 saturated carbocycles. The molecule has 3 rings (SSSR count). The lowest BCUT2D eigenvalue weighted by Crippen LogP contribution is -1.88. The van der Waals surface area contributed by atoms with Gasteiger partial charge in [-0.3, -0.25) is 0 Å². The van der Waals surface area contributed by atoms with Crippen LogP contribution in [-0.4, -0.2) is 4.98 Å². The Labute approximate surface area is 113 Å². The van der Waals surface area contributed by atoms with E-state index in [2.05, 4.69) is 20.9 Å². The van der Waals surface area contributed by atoms with Crippen molar-refractivity contribution < 1.29 is 4.74 Å². The van der Waals surface area contributed by atoms with Crippen molar-refractivity contribution in [3.8, 4) is 11.6 Å². The highest BCUT2D eigenvalue weighted by Crippen LogP contribution is 2.23. The molecule has 0 N–H and O–H groups in total. The van der Waals surface area contributed by atoms with Crippen LogP contribution in [0.3, 0.4) is 0 Å². The molecule has 3 heteroatoms. The van der Waals surface area contributed by atoms with Crippen LogP contribution in [0.2, 0.25) is 0 Å². The Morgan fingerprint density at radius 2 is 1.61 bits per heavy atom. The number of nitrogens with zero attached hydrogens (tertiary/aromatic N) is 1. The second-order valence-corrected chi connectivity index (χ2v) is 4.81. The monoisotopic (exact) mass is 299 g/mol. The number of hydrogen-bond donors (Lipinski definition) is 0. The second kappa shape index (κ2) is 4.78. The number of halogens is 1. The fraction of sp³-hybridized carbons (Fsp3) is 0. The third-order valence-electron chi connectivity index (χ3n) is 2.61. The molecule has 88 valence electrons. The average molecular weight is 300 g/mol. The number of hydrogen-bond acceptors (Lipinski definition) is 2. The number of para-hydroxylation sites is 1. The Balaban J connectivity index is 1.92. The van der Waals surface area contributed by atoms with Gasteiger partial charge in [-0.05, 0) is 36.4 Å². The highest BCUT2D eigenvalue weighted by molar-refractivity contribution is 9.10. The molecular weight excluding hydrogens is 290 g/mol.